The predicted molar refractivity (Wildman–Crippen MR) is 80.9 cm³/mol. The van der Waals surface area contributed by atoms with E-state index in [2.05, 4.69) is 5.32 Å². The lowest BCUT2D eigenvalue weighted by Gasteiger charge is -2.15. The van der Waals surface area contributed by atoms with Crippen LogP contribution < -0.4 is 11.1 Å². The van der Waals surface area contributed by atoms with E-state index in [9.17, 15) is 9.59 Å². The number of carbonyl (C=O) groups excluding carboxylic acids is 2. The first kappa shape index (κ1) is 15.0. The minimum atomic E-state index is -0.823. The fourth-order valence-electron chi connectivity index (χ4n) is 1.90. The Morgan fingerprint density at radius 3 is 2.70 bits per heavy atom. The fraction of sp³-hybridized carbons (Fsp3) is 0.385. The number of hydrogen-bond acceptors (Lipinski definition) is 4. The number of amides is 3. The van der Waals surface area contributed by atoms with E-state index in [4.69, 9.17) is 17.3 Å². The molecule has 0 aliphatic carbocycles. The van der Waals surface area contributed by atoms with E-state index < -0.39 is 5.54 Å². The topological polar surface area (TPSA) is 75.4 Å². The van der Waals surface area contributed by atoms with Gasteiger partial charge in [-0.05, 0) is 32.0 Å². The normalized spacial score (nSPS) is 17.4. The average molecular weight is 314 g/mol. The van der Waals surface area contributed by atoms with Gasteiger partial charge in [0.05, 0.1) is 5.02 Å². The fourth-order valence-corrected chi connectivity index (χ4v) is 3.10. The molecule has 0 aromatic heterocycles. The standard InChI is InChI=1S/C13H16ClN3O2S/c1-13(2)11(18)17(12(19)16-13)5-6-20-10-7-8(15)3-4-9(10)14/h3-4,7H,5-6,15H2,1-2H3,(H,16,19). The summed E-state index contributed by atoms with van der Waals surface area (Å²) in [5.74, 6) is 0.361. The van der Waals surface area contributed by atoms with E-state index in [0.29, 0.717) is 23.0 Å². The number of urea groups is 1. The van der Waals surface area contributed by atoms with Gasteiger partial charge in [-0.15, -0.1) is 11.8 Å². The van der Waals surface area contributed by atoms with Crippen LogP contribution in [0.4, 0.5) is 10.5 Å². The number of rotatable bonds is 4. The van der Waals surface area contributed by atoms with Crippen molar-refractivity contribution < 1.29 is 9.59 Å². The van der Waals surface area contributed by atoms with Gasteiger partial charge >= 0.3 is 6.03 Å². The minimum absolute atomic E-state index is 0.207. The highest BCUT2D eigenvalue weighted by atomic mass is 35.5. The monoisotopic (exact) mass is 313 g/mol. The Hall–Kier alpha value is -1.40. The number of hydrogen-bond donors (Lipinski definition) is 2. The third kappa shape index (κ3) is 3.02. The molecule has 108 valence electrons. The molecule has 1 aromatic rings. The second-order valence-electron chi connectivity index (χ2n) is 5.05. The molecule has 0 unspecified atom stereocenters. The van der Waals surface area contributed by atoms with Gasteiger partial charge in [0.25, 0.3) is 5.91 Å². The SMILES string of the molecule is CC1(C)NC(=O)N(CCSc2cc(N)ccc2Cl)C1=O. The summed E-state index contributed by atoms with van der Waals surface area (Å²) < 4.78 is 0. The van der Waals surface area contributed by atoms with Gasteiger partial charge in [-0.25, -0.2) is 4.79 Å². The number of nitrogens with zero attached hydrogens (tertiary/aromatic N) is 1. The Morgan fingerprint density at radius 1 is 1.40 bits per heavy atom. The van der Waals surface area contributed by atoms with Crippen LogP contribution in [0.5, 0.6) is 0 Å². The molecule has 1 aliphatic rings. The molecule has 3 N–H and O–H groups in total. The van der Waals surface area contributed by atoms with Gasteiger partial charge < -0.3 is 11.1 Å². The van der Waals surface area contributed by atoms with Crippen molar-refractivity contribution in [3.63, 3.8) is 0 Å². The molecule has 1 aliphatic heterocycles. The molecule has 1 saturated heterocycles. The first-order chi connectivity index (χ1) is 9.31. The second kappa shape index (κ2) is 5.54. The smallest absolute Gasteiger partial charge is 0.325 e. The lowest BCUT2D eigenvalue weighted by Crippen LogP contribution is -2.40. The highest BCUT2D eigenvalue weighted by Gasteiger charge is 2.43. The van der Waals surface area contributed by atoms with E-state index in [1.165, 1.54) is 16.7 Å². The van der Waals surface area contributed by atoms with Gasteiger partial charge in [-0.3, -0.25) is 9.69 Å². The molecule has 1 fully saturated rings. The first-order valence-corrected chi connectivity index (χ1v) is 7.49. The van der Waals surface area contributed by atoms with Crippen LogP contribution >= 0.6 is 23.4 Å². The summed E-state index contributed by atoms with van der Waals surface area (Å²) in [7, 11) is 0. The van der Waals surface area contributed by atoms with E-state index in [-0.39, 0.29) is 11.9 Å². The lowest BCUT2D eigenvalue weighted by molar-refractivity contribution is -0.130. The summed E-state index contributed by atoms with van der Waals surface area (Å²) in [6.45, 7) is 3.72. The predicted octanol–water partition coefficient (Wildman–Crippen LogP) is 2.34. The van der Waals surface area contributed by atoms with E-state index in [0.717, 1.165) is 4.90 Å². The number of carbonyl (C=O) groups is 2. The van der Waals surface area contributed by atoms with Crippen LogP contribution in [0.15, 0.2) is 23.1 Å². The number of anilines is 1. The van der Waals surface area contributed by atoms with Crippen molar-refractivity contribution in [1.29, 1.82) is 0 Å². The van der Waals surface area contributed by atoms with Crippen LogP contribution in [0.1, 0.15) is 13.8 Å². The summed E-state index contributed by atoms with van der Waals surface area (Å²) in [6, 6.07) is 4.89. The maximum Gasteiger partial charge on any atom is 0.325 e. The molecule has 5 nitrogen and oxygen atoms in total. The van der Waals surface area contributed by atoms with Gasteiger partial charge in [0.15, 0.2) is 0 Å². The van der Waals surface area contributed by atoms with E-state index >= 15 is 0 Å². The van der Waals surface area contributed by atoms with Gasteiger partial charge in [-0.1, -0.05) is 11.6 Å². The number of halogens is 1. The van der Waals surface area contributed by atoms with Crippen LogP contribution in [-0.4, -0.2) is 34.7 Å². The van der Waals surface area contributed by atoms with Crippen LogP contribution in [0, 0.1) is 0 Å². The van der Waals surface area contributed by atoms with Gasteiger partial charge in [0.1, 0.15) is 5.54 Å². The molecule has 0 saturated carbocycles. The van der Waals surface area contributed by atoms with Gasteiger partial charge in [0.2, 0.25) is 0 Å². The maximum atomic E-state index is 12.0. The molecular formula is C13H16ClN3O2S. The Morgan fingerprint density at radius 2 is 2.10 bits per heavy atom. The molecule has 2 rings (SSSR count). The molecule has 3 amide bonds. The van der Waals surface area contributed by atoms with Crippen molar-refractivity contribution in [2.75, 3.05) is 18.0 Å². The molecule has 7 heteroatoms. The molecule has 1 heterocycles. The molecule has 0 spiro atoms. The summed E-state index contributed by atoms with van der Waals surface area (Å²) in [6.07, 6.45) is 0. The van der Waals surface area contributed by atoms with Crippen LogP contribution in [0.2, 0.25) is 5.02 Å². The van der Waals surface area contributed by atoms with Crippen molar-refractivity contribution in [2.24, 2.45) is 0 Å². The summed E-state index contributed by atoms with van der Waals surface area (Å²) >= 11 is 7.52. The third-order valence-electron chi connectivity index (χ3n) is 2.97. The largest absolute Gasteiger partial charge is 0.399 e. The zero-order valence-electron chi connectivity index (χ0n) is 11.3. The number of imide groups is 1. The Balaban J connectivity index is 1.95. The Bertz CT molecular complexity index is 563. The summed E-state index contributed by atoms with van der Waals surface area (Å²) in [5.41, 5.74) is 5.51. The van der Waals surface area contributed by atoms with E-state index in [1.54, 1.807) is 32.0 Å². The van der Waals surface area contributed by atoms with Crippen LogP contribution in [0.25, 0.3) is 0 Å². The van der Waals surface area contributed by atoms with Crippen LogP contribution in [-0.2, 0) is 4.79 Å². The van der Waals surface area contributed by atoms with Gasteiger partial charge in [0, 0.05) is 22.9 Å². The number of nitrogens with one attached hydrogen (secondary N) is 1. The number of nitrogen functional groups attached to an aromatic ring is 1. The third-order valence-corrected chi connectivity index (χ3v) is 4.45. The molecule has 20 heavy (non-hydrogen) atoms. The van der Waals surface area contributed by atoms with Crippen molar-refractivity contribution in [2.45, 2.75) is 24.3 Å². The van der Waals surface area contributed by atoms with Crippen molar-refractivity contribution in [1.82, 2.24) is 10.2 Å². The van der Waals surface area contributed by atoms with E-state index in [1.807, 2.05) is 0 Å². The first-order valence-electron chi connectivity index (χ1n) is 6.13. The summed E-state index contributed by atoms with van der Waals surface area (Å²) in [4.78, 5) is 25.8. The van der Waals surface area contributed by atoms with Crippen molar-refractivity contribution in [3.05, 3.63) is 23.2 Å². The number of thioether (sulfide) groups is 1. The molecule has 0 bridgehead atoms. The maximum absolute atomic E-state index is 12.0. The minimum Gasteiger partial charge on any atom is -0.399 e. The summed E-state index contributed by atoms with van der Waals surface area (Å²) in [5, 5.41) is 3.26. The lowest BCUT2D eigenvalue weighted by atomic mass is 10.1. The van der Waals surface area contributed by atoms with Crippen molar-refractivity contribution in [3.8, 4) is 0 Å². The van der Waals surface area contributed by atoms with Crippen LogP contribution in [0.3, 0.4) is 0 Å². The van der Waals surface area contributed by atoms with Gasteiger partial charge in [-0.2, -0.15) is 0 Å². The Labute approximate surface area is 126 Å². The highest BCUT2D eigenvalue weighted by molar-refractivity contribution is 7.99. The number of benzene rings is 1. The number of nitrogens with two attached hydrogens (primary N) is 1. The second-order valence-corrected chi connectivity index (χ2v) is 6.59. The Kier molecular flexibility index (Phi) is 4.15. The molecule has 0 atom stereocenters. The molecular weight excluding hydrogens is 298 g/mol. The van der Waals surface area contributed by atoms with Crippen molar-refractivity contribution >= 4 is 41.0 Å². The highest BCUT2D eigenvalue weighted by Crippen LogP contribution is 2.29. The average Bonchev–Trinajstić information content (AvgIpc) is 2.55. The quantitative estimate of drug-likeness (QED) is 0.508. The molecule has 0 radical (unpaired) electrons. The zero-order chi connectivity index (χ0) is 14.9. The zero-order valence-corrected chi connectivity index (χ0v) is 12.8. The molecule has 1 aromatic carbocycles.